The smallest absolute Gasteiger partial charge is 0.248 e. The van der Waals surface area contributed by atoms with Crippen molar-refractivity contribution >= 4 is 10.0 Å². The van der Waals surface area contributed by atoms with E-state index in [-0.39, 0.29) is 16.9 Å². The van der Waals surface area contributed by atoms with Gasteiger partial charge in [0.05, 0.1) is 0 Å². The van der Waals surface area contributed by atoms with Gasteiger partial charge >= 0.3 is 0 Å². The van der Waals surface area contributed by atoms with Gasteiger partial charge in [-0.25, -0.2) is 8.42 Å². The monoisotopic (exact) mass is 321 g/mol. The van der Waals surface area contributed by atoms with Gasteiger partial charge in [0, 0.05) is 25.0 Å². The molecule has 2 N–H and O–H groups in total. The molecule has 0 spiro atoms. The first kappa shape index (κ1) is 15.2. The first-order chi connectivity index (χ1) is 10.4. The highest BCUT2D eigenvalue weighted by Gasteiger charge is 2.40. The van der Waals surface area contributed by atoms with Gasteiger partial charge < -0.3 is 10.3 Å². The second kappa shape index (κ2) is 5.49. The van der Waals surface area contributed by atoms with Gasteiger partial charge in [0.15, 0.2) is 5.76 Å². The van der Waals surface area contributed by atoms with Gasteiger partial charge in [-0.15, -0.1) is 0 Å². The number of sulfonamides is 1. The van der Waals surface area contributed by atoms with Crippen molar-refractivity contribution in [2.75, 3.05) is 13.1 Å². The van der Waals surface area contributed by atoms with E-state index in [1.807, 2.05) is 30.3 Å². The lowest BCUT2D eigenvalue weighted by molar-refractivity contribution is 0.389. The molecule has 1 saturated heterocycles. The van der Waals surface area contributed by atoms with Gasteiger partial charge in [0.25, 0.3) is 0 Å². The van der Waals surface area contributed by atoms with E-state index < -0.39 is 10.0 Å². The van der Waals surface area contributed by atoms with Gasteiger partial charge in [0.1, 0.15) is 10.6 Å². The largest absolute Gasteiger partial charge is 0.360 e. The number of benzene rings is 1. The third-order valence-corrected chi connectivity index (χ3v) is 6.20. The van der Waals surface area contributed by atoms with E-state index in [9.17, 15) is 8.42 Å². The quantitative estimate of drug-likeness (QED) is 0.923. The molecule has 22 heavy (non-hydrogen) atoms. The average Bonchev–Trinajstić information content (AvgIpc) is 3.03. The van der Waals surface area contributed by atoms with Crippen LogP contribution in [-0.4, -0.2) is 37.0 Å². The molecule has 1 aliphatic heterocycles. The molecule has 0 bridgehead atoms. The van der Waals surface area contributed by atoms with E-state index >= 15 is 0 Å². The highest BCUT2D eigenvalue weighted by Crippen LogP contribution is 2.32. The maximum absolute atomic E-state index is 12.8. The van der Waals surface area contributed by atoms with Crippen LogP contribution in [0.15, 0.2) is 39.8 Å². The van der Waals surface area contributed by atoms with Crippen molar-refractivity contribution in [1.29, 1.82) is 0 Å². The van der Waals surface area contributed by atoms with Gasteiger partial charge in [-0.3, -0.25) is 0 Å². The summed E-state index contributed by atoms with van der Waals surface area (Å²) in [4.78, 5) is 0.161. The molecule has 0 amide bonds. The number of rotatable bonds is 3. The SMILES string of the molecule is Cc1noc(C)c1S(=O)(=O)N1C[C@@H](N)[C@H](c2ccccc2)C1. The molecule has 7 heteroatoms. The zero-order chi connectivity index (χ0) is 15.9. The molecule has 0 unspecified atom stereocenters. The zero-order valence-corrected chi connectivity index (χ0v) is 13.4. The average molecular weight is 321 g/mol. The van der Waals surface area contributed by atoms with E-state index in [1.54, 1.807) is 13.8 Å². The van der Waals surface area contributed by atoms with Crippen LogP contribution in [-0.2, 0) is 10.0 Å². The standard InChI is InChI=1S/C15H19N3O3S/c1-10-15(11(2)21-17-10)22(19,20)18-8-13(14(16)9-18)12-6-4-3-5-7-12/h3-7,13-14H,8-9,16H2,1-2H3/t13-,14+/m0/s1. The maximum atomic E-state index is 12.8. The molecule has 0 radical (unpaired) electrons. The lowest BCUT2D eigenvalue weighted by Gasteiger charge is -2.16. The summed E-state index contributed by atoms with van der Waals surface area (Å²) in [5.74, 6) is 0.311. The molecule has 0 aliphatic carbocycles. The number of aromatic nitrogens is 1. The lowest BCUT2D eigenvalue weighted by Crippen LogP contribution is -2.32. The fourth-order valence-electron chi connectivity index (χ4n) is 3.01. The first-order valence-corrected chi connectivity index (χ1v) is 8.59. The van der Waals surface area contributed by atoms with Crippen LogP contribution in [0.5, 0.6) is 0 Å². The molecule has 3 rings (SSSR count). The Morgan fingerprint density at radius 2 is 1.91 bits per heavy atom. The van der Waals surface area contributed by atoms with Crippen LogP contribution in [0.4, 0.5) is 0 Å². The van der Waals surface area contributed by atoms with E-state index in [1.165, 1.54) is 4.31 Å². The number of nitrogens with zero attached hydrogens (tertiary/aromatic N) is 2. The molecule has 2 heterocycles. The molecule has 1 aromatic heterocycles. The van der Waals surface area contributed by atoms with Crippen LogP contribution in [0.2, 0.25) is 0 Å². The van der Waals surface area contributed by atoms with E-state index in [4.69, 9.17) is 10.3 Å². The summed E-state index contributed by atoms with van der Waals surface area (Å²) in [6.07, 6.45) is 0. The summed E-state index contributed by atoms with van der Waals surface area (Å²) in [5.41, 5.74) is 7.63. The fourth-order valence-corrected chi connectivity index (χ4v) is 4.81. The Morgan fingerprint density at radius 1 is 1.23 bits per heavy atom. The van der Waals surface area contributed by atoms with Gasteiger partial charge in [-0.1, -0.05) is 35.5 Å². The molecule has 1 aromatic carbocycles. The molecule has 0 saturated carbocycles. The fraction of sp³-hybridized carbons (Fsp3) is 0.400. The van der Waals surface area contributed by atoms with Crippen molar-refractivity contribution in [3.05, 3.63) is 47.3 Å². The number of hydrogen-bond donors (Lipinski definition) is 1. The summed E-state index contributed by atoms with van der Waals surface area (Å²) < 4.78 is 32.1. The van der Waals surface area contributed by atoms with Crippen molar-refractivity contribution in [1.82, 2.24) is 9.46 Å². The third-order valence-electron chi connectivity index (χ3n) is 4.13. The lowest BCUT2D eigenvalue weighted by atomic mass is 9.95. The second-order valence-electron chi connectivity index (χ2n) is 5.66. The Balaban J connectivity index is 1.91. The molecule has 1 fully saturated rings. The molecular formula is C15H19N3O3S. The predicted octanol–water partition coefficient (Wildman–Crippen LogP) is 1.41. The first-order valence-electron chi connectivity index (χ1n) is 7.15. The minimum absolute atomic E-state index is 0.00329. The van der Waals surface area contributed by atoms with Crippen molar-refractivity contribution in [2.24, 2.45) is 5.73 Å². The van der Waals surface area contributed by atoms with Crippen LogP contribution < -0.4 is 5.73 Å². The van der Waals surface area contributed by atoms with Gasteiger partial charge in [-0.2, -0.15) is 4.31 Å². The van der Waals surface area contributed by atoms with E-state index in [0.29, 0.717) is 24.5 Å². The number of aryl methyl sites for hydroxylation is 2. The molecular weight excluding hydrogens is 302 g/mol. The summed E-state index contributed by atoms with van der Waals surface area (Å²) >= 11 is 0. The van der Waals surface area contributed by atoms with Crippen molar-refractivity contribution in [2.45, 2.75) is 30.7 Å². The highest BCUT2D eigenvalue weighted by molar-refractivity contribution is 7.89. The highest BCUT2D eigenvalue weighted by atomic mass is 32.2. The Hall–Kier alpha value is -1.70. The minimum Gasteiger partial charge on any atom is -0.360 e. The van der Waals surface area contributed by atoms with Gasteiger partial charge in [0.2, 0.25) is 10.0 Å². The van der Waals surface area contributed by atoms with Crippen LogP contribution in [0.3, 0.4) is 0 Å². The third kappa shape index (κ3) is 2.45. The minimum atomic E-state index is -3.63. The Bertz CT molecular complexity index is 751. The second-order valence-corrected chi connectivity index (χ2v) is 7.53. The predicted molar refractivity (Wildman–Crippen MR) is 81.9 cm³/mol. The number of nitrogens with two attached hydrogens (primary N) is 1. The molecule has 118 valence electrons. The van der Waals surface area contributed by atoms with Crippen LogP contribution in [0.25, 0.3) is 0 Å². The summed E-state index contributed by atoms with van der Waals surface area (Å²) in [6.45, 7) is 3.91. The normalized spacial score (nSPS) is 23.0. The Morgan fingerprint density at radius 3 is 2.50 bits per heavy atom. The van der Waals surface area contributed by atoms with Gasteiger partial charge in [-0.05, 0) is 19.4 Å². The number of hydrogen-bond acceptors (Lipinski definition) is 5. The van der Waals surface area contributed by atoms with E-state index in [0.717, 1.165) is 5.56 Å². The topological polar surface area (TPSA) is 89.4 Å². The summed E-state index contributed by atoms with van der Waals surface area (Å²) in [7, 11) is -3.63. The Kier molecular flexibility index (Phi) is 3.80. The van der Waals surface area contributed by atoms with Crippen molar-refractivity contribution in [3.8, 4) is 0 Å². The molecule has 1 aliphatic rings. The van der Waals surface area contributed by atoms with Crippen molar-refractivity contribution < 1.29 is 12.9 Å². The van der Waals surface area contributed by atoms with Crippen LogP contribution >= 0.6 is 0 Å². The Labute approximate surface area is 129 Å². The molecule has 6 nitrogen and oxygen atoms in total. The molecule has 2 atom stereocenters. The van der Waals surface area contributed by atoms with E-state index in [2.05, 4.69) is 5.16 Å². The van der Waals surface area contributed by atoms with Crippen LogP contribution in [0, 0.1) is 13.8 Å². The maximum Gasteiger partial charge on any atom is 0.248 e. The van der Waals surface area contributed by atoms with Crippen LogP contribution in [0.1, 0.15) is 22.9 Å². The zero-order valence-electron chi connectivity index (χ0n) is 12.6. The summed E-state index contributed by atoms with van der Waals surface area (Å²) in [6, 6.07) is 9.55. The molecule has 2 aromatic rings. The van der Waals surface area contributed by atoms with Crippen molar-refractivity contribution in [3.63, 3.8) is 0 Å². The summed E-state index contributed by atoms with van der Waals surface area (Å²) in [5, 5.41) is 3.74.